The van der Waals surface area contributed by atoms with Crippen LogP contribution in [0, 0.1) is 18.3 Å². The van der Waals surface area contributed by atoms with Crippen LogP contribution < -0.4 is 0 Å². The van der Waals surface area contributed by atoms with Gasteiger partial charge in [-0.15, -0.1) is 0 Å². The van der Waals surface area contributed by atoms with Gasteiger partial charge in [0, 0.05) is 20.1 Å². The summed E-state index contributed by atoms with van der Waals surface area (Å²) in [5.41, 5.74) is 0.858. The normalized spacial score (nSPS) is 17.4. The topological polar surface area (TPSA) is 81.5 Å². The Labute approximate surface area is 124 Å². The van der Waals surface area contributed by atoms with E-state index in [4.69, 9.17) is 5.26 Å². The van der Waals surface area contributed by atoms with Gasteiger partial charge in [-0.25, -0.2) is 8.42 Å². The lowest BCUT2D eigenvalue weighted by Gasteiger charge is -2.20. The lowest BCUT2D eigenvalue weighted by atomic mass is 10.2. The summed E-state index contributed by atoms with van der Waals surface area (Å²) in [6, 6.07) is 6.49. The van der Waals surface area contributed by atoms with Crippen LogP contribution in [-0.2, 0) is 14.8 Å². The van der Waals surface area contributed by atoms with Crippen molar-refractivity contribution in [3.63, 3.8) is 0 Å². The zero-order valence-electron chi connectivity index (χ0n) is 12.0. The molecule has 6 nitrogen and oxygen atoms in total. The third-order valence-corrected chi connectivity index (χ3v) is 5.56. The average molecular weight is 307 g/mol. The summed E-state index contributed by atoms with van der Waals surface area (Å²) >= 11 is 0. The van der Waals surface area contributed by atoms with E-state index in [1.54, 1.807) is 26.1 Å². The molecule has 1 aromatic carbocycles. The summed E-state index contributed by atoms with van der Waals surface area (Å²) < 4.78 is 26.7. The van der Waals surface area contributed by atoms with Gasteiger partial charge in [-0.05, 0) is 31.0 Å². The van der Waals surface area contributed by atoms with Gasteiger partial charge in [0.05, 0.1) is 23.1 Å². The molecule has 0 aliphatic carbocycles. The van der Waals surface area contributed by atoms with Gasteiger partial charge in [-0.1, -0.05) is 6.07 Å². The Hall–Kier alpha value is -1.91. The second kappa shape index (κ2) is 5.84. The first kappa shape index (κ1) is 15.5. The Morgan fingerprint density at radius 2 is 2.00 bits per heavy atom. The number of amides is 1. The summed E-state index contributed by atoms with van der Waals surface area (Å²) in [5.74, 6) is -0.217. The standard InChI is InChI=1S/C14H17N3O3S/c1-11-4-5-12(9-15)8-13(11)21(19,20)17-7-3-6-16(2)14(18)10-17/h4-5,8H,3,6-7,10H2,1-2H3. The van der Waals surface area contributed by atoms with E-state index in [-0.39, 0.29) is 22.9 Å². The number of hydrogen-bond acceptors (Lipinski definition) is 4. The molecule has 7 heteroatoms. The summed E-state index contributed by atoms with van der Waals surface area (Å²) in [4.78, 5) is 13.5. The van der Waals surface area contributed by atoms with E-state index in [1.807, 2.05) is 6.07 Å². The van der Waals surface area contributed by atoms with E-state index < -0.39 is 10.0 Å². The van der Waals surface area contributed by atoms with Crippen LogP contribution in [0.4, 0.5) is 0 Å². The van der Waals surface area contributed by atoms with Crippen LogP contribution >= 0.6 is 0 Å². The predicted octanol–water partition coefficient (Wildman–Crippen LogP) is 0.720. The van der Waals surface area contributed by atoms with Crippen molar-refractivity contribution in [3.8, 4) is 6.07 Å². The van der Waals surface area contributed by atoms with Gasteiger partial charge in [0.15, 0.2) is 0 Å². The van der Waals surface area contributed by atoms with Gasteiger partial charge in [0.25, 0.3) is 0 Å². The molecule has 2 rings (SSSR count). The van der Waals surface area contributed by atoms with Gasteiger partial charge in [-0.2, -0.15) is 9.57 Å². The van der Waals surface area contributed by atoms with Crippen molar-refractivity contribution in [2.45, 2.75) is 18.2 Å². The number of carbonyl (C=O) groups excluding carboxylic acids is 1. The maximum absolute atomic E-state index is 12.7. The molecule has 0 unspecified atom stereocenters. The van der Waals surface area contributed by atoms with Gasteiger partial charge >= 0.3 is 0 Å². The predicted molar refractivity (Wildman–Crippen MR) is 76.9 cm³/mol. The highest BCUT2D eigenvalue weighted by Crippen LogP contribution is 2.22. The number of carbonyl (C=O) groups is 1. The van der Waals surface area contributed by atoms with E-state index >= 15 is 0 Å². The maximum atomic E-state index is 12.7. The van der Waals surface area contributed by atoms with Gasteiger partial charge in [0.1, 0.15) is 0 Å². The molecule has 1 aromatic rings. The molecule has 0 bridgehead atoms. The molecular weight excluding hydrogens is 290 g/mol. The van der Waals surface area contributed by atoms with E-state index in [0.717, 1.165) is 0 Å². The lowest BCUT2D eigenvalue weighted by molar-refractivity contribution is -0.129. The molecule has 112 valence electrons. The minimum absolute atomic E-state index is 0.0962. The molecule has 0 spiro atoms. The summed E-state index contributed by atoms with van der Waals surface area (Å²) in [7, 11) is -2.10. The second-order valence-electron chi connectivity index (χ2n) is 5.10. The first-order valence-corrected chi connectivity index (χ1v) is 8.05. The van der Waals surface area contributed by atoms with Crippen molar-refractivity contribution in [2.75, 3.05) is 26.7 Å². The monoisotopic (exact) mass is 307 g/mol. The average Bonchev–Trinajstić information content (AvgIpc) is 2.62. The Morgan fingerprint density at radius 1 is 1.29 bits per heavy atom. The van der Waals surface area contributed by atoms with Crippen LogP contribution in [0.2, 0.25) is 0 Å². The number of sulfonamides is 1. The summed E-state index contributed by atoms with van der Waals surface area (Å²) in [5, 5.41) is 8.93. The van der Waals surface area contributed by atoms with Crippen LogP contribution in [0.3, 0.4) is 0 Å². The molecular formula is C14H17N3O3S. The highest BCUT2D eigenvalue weighted by molar-refractivity contribution is 7.89. The molecule has 21 heavy (non-hydrogen) atoms. The maximum Gasteiger partial charge on any atom is 0.243 e. The number of aryl methyl sites for hydroxylation is 1. The third kappa shape index (κ3) is 3.06. The Kier molecular flexibility index (Phi) is 4.30. The van der Waals surface area contributed by atoms with Crippen molar-refractivity contribution in [1.82, 2.24) is 9.21 Å². The van der Waals surface area contributed by atoms with E-state index in [1.165, 1.54) is 15.3 Å². The quantitative estimate of drug-likeness (QED) is 0.806. The fraction of sp³-hybridized carbons (Fsp3) is 0.429. The highest BCUT2D eigenvalue weighted by atomic mass is 32.2. The van der Waals surface area contributed by atoms with Crippen molar-refractivity contribution >= 4 is 15.9 Å². The van der Waals surface area contributed by atoms with Gasteiger partial charge < -0.3 is 4.90 Å². The number of nitriles is 1. The molecule has 0 saturated carbocycles. The smallest absolute Gasteiger partial charge is 0.243 e. The van der Waals surface area contributed by atoms with E-state index in [0.29, 0.717) is 25.1 Å². The highest BCUT2D eigenvalue weighted by Gasteiger charge is 2.30. The summed E-state index contributed by atoms with van der Waals surface area (Å²) in [6.45, 7) is 2.37. The van der Waals surface area contributed by atoms with Crippen molar-refractivity contribution in [1.29, 1.82) is 5.26 Å². The molecule has 1 saturated heterocycles. The van der Waals surface area contributed by atoms with Gasteiger partial charge in [-0.3, -0.25) is 4.79 Å². The largest absolute Gasteiger partial charge is 0.345 e. The first-order chi connectivity index (χ1) is 9.86. The molecule has 0 N–H and O–H groups in total. The minimum Gasteiger partial charge on any atom is -0.345 e. The van der Waals surface area contributed by atoms with Crippen LogP contribution in [0.1, 0.15) is 17.5 Å². The SMILES string of the molecule is Cc1ccc(C#N)cc1S(=O)(=O)N1CCCN(C)C(=O)C1. The lowest BCUT2D eigenvalue weighted by Crippen LogP contribution is -2.38. The number of nitrogens with zero attached hydrogens (tertiary/aromatic N) is 3. The summed E-state index contributed by atoms with van der Waals surface area (Å²) in [6.07, 6.45) is 0.596. The second-order valence-corrected chi connectivity index (χ2v) is 7.01. The molecule has 1 aliphatic rings. The number of hydrogen-bond donors (Lipinski definition) is 0. The zero-order chi connectivity index (χ0) is 15.6. The molecule has 1 fully saturated rings. The van der Waals surface area contributed by atoms with E-state index in [9.17, 15) is 13.2 Å². The van der Waals surface area contributed by atoms with Crippen molar-refractivity contribution in [3.05, 3.63) is 29.3 Å². The van der Waals surface area contributed by atoms with E-state index in [2.05, 4.69) is 0 Å². The zero-order valence-corrected chi connectivity index (χ0v) is 12.9. The van der Waals surface area contributed by atoms with Gasteiger partial charge in [0.2, 0.25) is 15.9 Å². The fourth-order valence-electron chi connectivity index (χ4n) is 2.25. The Balaban J connectivity index is 2.42. The molecule has 0 atom stereocenters. The van der Waals surface area contributed by atoms with Crippen LogP contribution in [0.15, 0.2) is 23.1 Å². The van der Waals surface area contributed by atoms with Crippen LogP contribution in [0.5, 0.6) is 0 Å². The van der Waals surface area contributed by atoms with Crippen LogP contribution in [-0.4, -0.2) is 50.2 Å². The fourth-order valence-corrected chi connectivity index (χ4v) is 3.93. The minimum atomic E-state index is -3.77. The third-order valence-electron chi connectivity index (χ3n) is 3.57. The molecule has 0 aromatic heterocycles. The molecule has 1 amide bonds. The van der Waals surface area contributed by atoms with Crippen molar-refractivity contribution in [2.24, 2.45) is 0 Å². The number of rotatable bonds is 2. The molecule has 1 aliphatic heterocycles. The molecule has 1 heterocycles. The Morgan fingerprint density at radius 3 is 2.67 bits per heavy atom. The Bertz CT molecular complexity index is 707. The van der Waals surface area contributed by atoms with Crippen LogP contribution in [0.25, 0.3) is 0 Å². The number of benzene rings is 1. The van der Waals surface area contributed by atoms with Crippen molar-refractivity contribution < 1.29 is 13.2 Å². The number of likely N-dealkylation sites (N-methyl/N-ethyl adjacent to an activating group) is 1. The first-order valence-electron chi connectivity index (χ1n) is 6.61. The molecule has 0 radical (unpaired) electrons.